The Balaban J connectivity index is 1.94. The third-order valence-corrected chi connectivity index (χ3v) is 5.37. The molecule has 0 radical (unpaired) electrons. The third-order valence-electron chi connectivity index (χ3n) is 4.35. The molecule has 3 aromatic rings. The Morgan fingerprint density at radius 2 is 1.97 bits per heavy atom. The lowest BCUT2D eigenvalue weighted by molar-refractivity contribution is -0.139. The molecule has 0 bridgehead atoms. The van der Waals surface area contributed by atoms with Gasteiger partial charge < -0.3 is 15.2 Å². The van der Waals surface area contributed by atoms with Crippen LogP contribution in [0.4, 0.5) is 0 Å². The predicted molar refractivity (Wildman–Crippen MR) is 106 cm³/mol. The molecule has 0 saturated heterocycles. The van der Waals surface area contributed by atoms with E-state index in [2.05, 4.69) is 10.3 Å². The number of carboxylic acid groups (broad SMARTS) is 1. The van der Waals surface area contributed by atoms with E-state index in [1.807, 2.05) is 0 Å². The van der Waals surface area contributed by atoms with Crippen LogP contribution in [0.5, 0.6) is 5.88 Å². The van der Waals surface area contributed by atoms with Gasteiger partial charge in [-0.15, -0.1) is 0 Å². The molecule has 0 spiro atoms. The first kappa shape index (κ1) is 20.3. The van der Waals surface area contributed by atoms with E-state index >= 15 is 0 Å². The van der Waals surface area contributed by atoms with Crippen molar-refractivity contribution in [2.45, 2.75) is 12.5 Å². The molecule has 9 nitrogen and oxygen atoms in total. The first-order valence-corrected chi connectivity index (χ1v) is 10.4. The highest BCUT2D eigenvalue weighted by molar-refractivity contribution is 7.89. The first-order valence-electron chi connectivity index (χ1n) is 8.54. The summed E-state index contributed by atoms with van der Waals surface area (Å²) in [5.41, 5.74) is 1.02. The quantitative estimate of drug-likeness (QED) is 0.593. The minimum absolute atomic E-state index is 0.0721. The van der Waals surface area contributed by atoms with Gasteiger partial charge in [0.05, 0.1) is 18.9 Å². The van der Waals surface area contributed by atoms with Crippen molar-refractivity contribution < 1.29 is 27.9 Å². The second-order valence-electron chi connectivity index (χ2n) is 6.36. The zero-order valence-corrected chi connectivity index (χ0v) is 16.5. The minimum Gasteiger partial charge on any atom is -0.480 e. The van der Waals surface area contributed by atoms with Crippen LogP contribution in [-0.2, 0) is 21.2 Å². The standard InChI is InChI=1S/C19H19N3O6S/c1-28-18-14(7-5-9-20-18)17(23)21-15(19(24)25)10-12-11-22(29(2,26)27)16-8-4-3-6-13(12)16/h3-9,11,15H,10H2,1-2H3,(H,21,23)(H,24,25). The number of hydrogen-bond donors (Lipinski definition) is 2. The van der Waals surface area contributed by atoms with Crippen molar-refractivity contribution in [1.82, 2.24) is 14.3 Å². The molecule has 2 aromatic heterocycles. The fourth-order valence-electron chi connectivity index (χ4n) is 3.04. The van der Waals surface area contributed by atoms with Crippen molar-refractivity contribution >= 4 is 32.8 Å². The third kappa shape index (κ3) is 4.21. The number of carbonyl (C=O) groups is 2. The molecule has 1 atom stereocenters. The predicted octanol–water partition coefficient (Wildman–Crippen LogP) is 1.28. The minimum atomic E-state index is -3.58. The van der Waals surface area contributed by atoms with E-state index in [9.17, 15) is 23.1 Å². The molecule has 0 aliphatic heterocycles. The maximum atomic E-state index is 12.6. The summed E-state index contributed by atoms with van der Waals surface area (Å²) < 4.78 is 30.3. The summed E-state index contributed by atoms with van der Waals surface area (Å²) in [4.78, 5) is 28.3. The van der Waals surface area contributed by atoms with E-state index in [0.29, 0.717) is 16.5 Å². The number of nitrogens with zero attached hydrogens (tertiary/aromatic N) is 2. The van der Waals surface area contributed by atoms with Crippen LogP contribution >= 0.6 is 0 Å². The van der Waals surface area contributed by atoms with Gasteiger partial charge in [-0.25, -0.2) is 22.2 Å². The van der Waals surface area contributed by atoms with Crippen molar-refractivity contribution in [1.29, 1.82) is 0 Å². The van der Waals surface area contributed by atoms with E-state index in [-0.39, 0.29) is 17.9 Å². The molecule has 1 unspecified atom stereocenters. The van der Waals surface area contributed by atoms with Gasteiger partial charge in [-0.3, -0.25) is 4.79 Å². The Kier molecular flexibility index (Phi) is 5.55. The smallest absolute Gasteiger partial charge is 0.326 e. The molecular weight excluding hydrogens is 398 g/mol. The Bertz CT molecular complexity index is 1190. The Hall–Kier alpha value is -3.40. The average molecular weight is 417 g/mol. The molecule has 152 valence electrons. The van der Waals surface area contributed by atoms with Crippen LogP contribution in [0.1, 0.15) is 15.9 Å². The average Bonchev–Trinajstić information content (AvgIpc) is 3.06. The van der Waals surface area contributed by atoms with Crippen LogP contribution in [0.15, 0.2) is 48.8 Å². The largest absolute Gasteiger partial charge is 0.480 e. The van der Waals surface area contributed by atoms with Gasteiger partial charge >= 0.3 is 5.97 Å². The number of amides is 1. The number of pyridine rings is 1. The molecule has 0 saturated carbocycles. The number of carbonyl (C=O) groups excluding carboxylic acids is 1. The lowest BCUT2D eigenvalue weighted by Gasteiger charge is -2.15. The second kappa shape index (κ2) is 7.92. The normalized spacial score (nSPS) is 12.5. The van der Waals surface area contributed by atoms with E-state index in [1.165, 1.54) is 31.6 Å². The second-order valence-corrected chi connectivity index (χ2v) is 8.22. The molecule has 29 heavy (non-hydrogen) atoms. The van der Waals surface area contributed by atoms with Crippen LogP contribution in [0, 0.1) is 0 Å². The van der Waals surface area contributed by atoms with Crippen molar-refractivity contribution in [2.24, 2.45) is 0 Å². The Labute approximate surface area is 167 Å². The van der Waals surface area contributed by atoms with Crippen molar-refractivity contribution in [3.05, 3.63) is 59.9 Å². The van der Waals surface area contributed by atoms with Gasteiger partial charge in [0.15, 0.2) is 0 Å². The fraction of sp³-hybridized carbons (Fsp3) is 0.211. The number of methoxy groups -OCH3 is 1. The van der Waals surface area contributed by atoms with E-state index < -0.39 is 27.9 Å². The van der Waals surface area contributed by atoms with Crippen LogP contribution in [-0.4, -0.2) is 53.8 Å². The van der Waals surface area contributed by atoms with Crippen LogP contribution in [0.2, 0.25) is 0 Å². The fourth-order valence-corrected chi connectivity index (χ4v) is 3.87. The summed E-state index contributed by atoms with van der Waals surface area (Å²) in [7, 11) is -2.23. The zero-order valence-electron chi connectivity index (χ0n) is 15.7. The van der Waals surface area contributed by atoms with Crippen molar-refractivity contribution in [2.75, 3.05) is 13.4 Å². The number of hydrogen-bond acceptors (Lipinski definition) is 6. The maximum absolute atomic E-state index is 12.6. The summed E-state index contributed by atoms with van der Waals surface area (Å²) in [5.74, 6) is -1.84. The highest BCUT2D eigenvalue weighted by Gasteiger charge is 2.25. The molecule has 10 heteroatoms. The molecular formula is C19H19N3O6S. The van der Waals surface area contributed by atoms with Gasteiger partial charge in [0.25, 0.3) is 5.91 Å². The Morgan fingerprint density at radius 1 is 1.24 bits per heavy atom. The van der Waals surface area contributed by atoms with Gasteiger partial charge in [0, 0.05) is 24.2 Å². The Morgan fingerprint density at radius 3 is 2.62 bits per heavy atom. The number of ether oxygens (including phenoxy) is 1. The van der Waals surface area contributed by atoms with Crippen LogP contribution in [0.3, 0.4) is 0 Å². The van der Waals surface area contributed by atoms with Gasteiger partial charge in [-0.05, 0) is 23.8 Å². The molecule has 1 aromatic carbocycles. The molecule has 1 amide bonds. The van der Waals surface area contributed by atoms with Crippen LogP contribution in [0.25, 0.3) is 10.9 Å². The number of rotatable bonds is 7. The number of aromatic nitrogens is 2. The van der Waals surface area contributed by atoms with Crippen molar-refractivity contribution in [3.8, 4) is 5.88 Å². The number of fused-ring (bicyclic) bond motifs is 1. The monoisotopic (exact) mass is 417 g/mol. The van der Waals surface area contributed by atoms with E-state index in [4.69, 9.17) is 4.74 Å². The molecule has 0 aliphatic carbocycles. The summed E-state index contributed by atoms with van der Waals surface area (Å²) in [5, 5.41) is 12.7. The first-order chi connectivity index (χ1) is 13.7. The zero-order chi connectivity index (χ0) is 21.2. The molecule has 0 fully saturated rings. The number of benzene rings is 1. The number of aliphatic carboxylic acids is 1. The summed E-state index contributed by atoms with van der Waals surface area (Å²) in [6.45, 7) is 0. The summed E-state index contributed by atoms with van der Waals surface area (Å²) in [6, 6.07) is 8.48. The summed E-state index contributed by atoms with van der Waals surface area (Å²) in [6.07, 6.45) is 3.79. The molecule has 0 aliphatic rings. The highest BCUT2D eigenvalue weighted by atomic mass is 32.2. The molecule has 2 N–H and O–H groups in total. The van der Waals surface area contributed by atoms with Crippen LogP contribution < -0.4 is 10.1 Å². The highest BCUT2D eigenvalue weighted by Crippen LogP contribution is 2.24. The lowest BCUT2D eigenvalue weighted by atomic mass is 10.0. The number of carboxylic acids is 1. The van der Waals surface area contributed by atoms with Gasteiger partial charge in [0.1, 0.15) is 11.6 Å². The summed E-state index contributed by atoms with van der Waals surface area (Å²) >= 11 is 0. The van der Waals surface area contributed by atoms with E-state index in [0.717, 1.165) is 10.2 Å². The lowest BCUT2D eigenvalue weighted by Crippen LogP contribution is -2.42. The number of para-hydroxylation sites is 1. The SMILES string of the molecule is COc1ncccc1C(=O)NC(Cc1cn(S(C)(=O)=O)c2ccccc12)C(=O)O. The van der Waals surface area contributed by atoms with Gasteiger partial charge in [-0.2, -0.15) is 0 Å². The molecule has 3 rings (SSSR count). The van der Waals surface area contributed by atoms with E-state index in [1.54, 1.807) is 24.3 Å². The number of nitrogens with one attached hydrogen (secondary N) is 1. The topological polar surface area (TPSA) is 128 Å². The van der Waals surface area contributed by atoms with Gasteiger partial charge in [0.2, 0.25) is 15.9 Å². The molecule has 2 heterocycles. The van der Waals surface area contributed by atoms with Crippen molar-refractivity contribution in [3.63, 3.8) is 0 Å². The van der Waals surface area contributed by atoms with Gasteiger partial charge in [-0.1, -0.05) is 18.2 Å². The maximum Gasteiger partial charge on any atom is 0.326 e.